The molecule has 0 radical (unpaired) electrons. The van der Waals surface area contributed by atoms with Gasteiger partial charge in [0.2, 0.25) is 11.8 Å². The molecule has 1 N–H and O–H groups in total. The molecule has 0 bridgehead atoms. The van der Waals surface area contributed by atoms with Gasteiger partial charge >= 0.3 is 0 Å². The second-order valence-electron chi connectivity index (χ2n) is 4.43. The fourth-order valence-corrected chi connectivity index (χ4v) is 2.49. The Labute approximate surface area is 132 Å². The number of benzene rings is 1. The number of thioether (sulfide) groups is 1. The van der Waals surface area contributed by atoms with Gasteiger partial charge in [0, 0.05) is 17.1 Å². The maximum atomic E-state index is 11.8. The van der Waals surface area contributed by atoms with E-state index in [0.29, 0.717) is 22.7 Å². The molecule has 21 heavy (non-hydrogen) atoms. The lowest BCUT2D eigenvalue weighted by Gasteiger charge is -2.08. The zero-order chi connectivity index (χ0) is 15.2. The van der Waals surface area contributed by atoms with Gasteiger partial charge in [-0.25, -0.2) is 0 Å². The van der Waals surface area contributed by atoms with Gasteiger partial charge in [0.05, 0.1) is 5.25 Å². The lowest BCUT2D eigenvalue weighted by molar-refractivity contribution is -0.120. The Hall–Kier alpha value is -1.53. The van der Waals surface area contributed by atoms with Gasteiger partial charge in [-0.05, 0) is 31.5 Å². The van der Waals surface area contributed by atoms with E-state index in [9.17, 15) is 4.79 Å². The van der Waals surface area contributed by atoms with Gasteiger partial charge < -0.3 is 9.73 Å². The van der Waals surface area contributed by atoms with E-state index >= 15 is 0 Å². The Morgan fingerprint density at radius 2 is 2.29 bits per heavy atom. The predicted octanol–water partition coefficient (Wildman–Crippen LogP) is 3.40. The van der Waals surface area contributed by atoms with Crippen molar-refractivity contribution >= 4 is 29.3 Å². The highest BCUT2D eigenvalue weighted by Crippen LogP contribution is 2.27. The minimum Gasteiger partial charge on any atom is -0.411 e. The first-order chi connectivity index (χ1) is 10.1. The number of nitrogens with one attached hydrogen (secondary N) is 1. The molecule has 112 valence electrons. The summed E-state index contributed by atoms with van der Waals surface area (Å²) in [6.07, 6.45) is 0.905. The lowest BCUT2D eigenvalue weighted by atomic mass is 10.2. The molecule has 0 spiro atoms. The number of amides is 1. The van der Waals surface area contributed by atoms with Crippen molar-refractivity contribution in [2.45, 2.75) is 30.7 Å². The van der Waals surface area contributed by atoms with Crippen LogP contribution in [0.25, 0.3) is 11.5 Å². The van der Waals surface area contributed by atoms with Crippen molar-refractivity contribution in [2.24, 2.45) is 0 Å². The Bertz CT molecular complexity index is 618. The van der Waals surface area contributed by atoms with Gasteiger partial charge in [0.25, 0.3) is 5.22 Å². The van der Waals surface area contributed by atoms with E-state index in [0.717, 1.165) is 12.0 Å². The number of carbonyl (C=O) groups excluding carboxylic acids is 1. The molecule has 0 aliphatic carbocycles. The highest BCUT2D eigenvalue weighted by molar-refractivity contribution is 8.00. The molecule has 1 heterocycles. The summed E-state index contributed by atoms with van der Waals surface area (Å²) < 4.78 is 5.55. The third-order valence-corrected chi connectivity index (χ3v) is 3.84. The largest absolute Gasteiger partial charge is 0.411 e. The summed E-state index contributed by atoms with van der Waals surface area (Å²) in [5.41, 5.74) is 0.755. The van der Waals surface area contributed by atoms with Crippen LogP contribution in [0.15, 0.2) is 33.9 Å². The van der Waals surface area contributed by atoms with E-state index in [1.165, 1.54) is 11.8 Å². The van der Waals surface area contributed by atoms with Gasteiger partial charge in [0.1, 0.15) is 0 Å². The molecule has 7 heteroatoms. The maximum Gasteiger partial charge on any atom is 0.277 e. The highest BCUT2D eigenvalue weighted by atomic mass is 35.5. The topological polar surface area (TPSA) is 68.0 Å². The first kappa shape index (κ1) is 15.9. The van der Waals surface area contributed by atoms with Crippen molar-refractivity contribution < 1.29 is 9.21 Å². The SMILES string of the molecule is CCCNC(=O)[C@@H](C)Sc1nnc(-c2cccc(Cl)c2)o1. The average Bonchev–Trinajstić information content (AvgIpc) is 2.93. The number of hydrogen-bond acceptors (Lipinski definition) is 5. The molecular formula is C14H16ClN3O2S. The van der Waals surface area contributed by atoms with Crippen molar-refractivity contribution in [1.82, 2.24) is 15.5 Å². The summed E-state index contributed by atoms with van der Waals surface area (Å²) in [6.45, 7) is 4.48. The van der Waals surface area contributed by atoms with Crippen LogP contribution in [0.4, 0.5) is 0 Å². The van der Waals surface area contributed by atoms with Crippen molar-refractivity contribution in [3.05, 3.63) is 29.3 Å². The summed E-state index contributed by atoms with van der Waals surface area (Å²) in [6, 6.07) is 7.18. The quantitative estimate of drug-likeness (QED) is 0.824. The number of carbonyl (C=O) groups is 1. The second-order valence-corrected chi connectivity index (χ2v) is 6.16. The van der Waals surface area contributed by atoms with Crippen molar-refractivity contribution in [1.29, 1.82) is 0 Å². The van der Waals surface area contributed by atoms with Crippen LogP contribution in [-0.2, 0) is 4.79 Å². The molecule has 2 aromatic rings. The van der Waals surface area contributed by atoms with Crippen molar-refractivity contribution in [3.8, 4) is 11.5 Å². The molecule has 5 nitrogen and oxygen atoms in total. The number of nitrogens with zero attached hydrogens (tertiary/aromatic N) is 2. The van der Waals surface area contributed by atoms with E-state index < -0.39 is 0 Å². The van der Waals surface area contributed by atoms with Crippen LogP contribution < -0.4 is 5.32 Å². The number of rotatable bonds is 6. The minimum absolute atomic E-state index is 0.0376. The molecule has 0 saturated carbocycles. The molecule has 0 saturated heterocycles. The van der Waals surface area contributed by atoms with E-state index in [-0.39, 0.29) is 11.2 Å². The molecule has 1 atom stereocenters. The van der Waals surface area contributed by atoms with E-state index in [2.05, 4.69) is 15.5 Å². The van der Waals surface area contributed by atoms with Crippen LogP contribution in [-0.4, -0.2) is 27.9 Å². The average molecular weight is 326 g/mol. The molecule has 0 fully saturated rings. The van der Waals surface area contributed by atoms with E-state index in [1.807, 2.05) is 19.1 Å². The third-order valence-electron chi connectivity index (χ3n) is 2.67. The zero-order valence-corrected chi connectivity index (χ0v) is 13.4. The van der Waals surface area contributed by atoms with Gasteiger partial charge in [-0.3, -0.25) is 4.79 Å². The summed E-state index contributed by atoms with van der Waals surface area (Å²) in [5, 5.41) is 11.4. The van der Waals surface area contributed by atoms with Gasteiger partial charge in [-0.2, -0.15) is 0 Å². The maximum absolute atomic E-state index is 11.8. The number of hydrogen-bond donors (Lipinski definition) is 1. The van der Waals surface area contributed by atoms with Crippen LogP contribution in [0.1, 0.15) is 20.3 Å². The second kappa shape index (κ2) is 7.47. The smallest absolute Gasteiger partial charge is 0.277 e. The van der Waals surface area contributed by atoms with Crippen LogP contribution >= 0.6 is 23.4 Å². The third kappa shape index (κ3) is 4.47. The lowest BCUT2D eigenvalue weighted by Crippen LogP contribution is -2.31. The normalized spacial score (nSPS) is 12.1. The van der Waals surface area contributed by atoms with Crippen LogP contribution in [0, 0.1) is 0 Å². The molecule has 1 amide bonds. The Morgan fingerprint density at radius 1 is 1.48 bits per heavy atom. The standard InChI is InChI=1S/C14H16ClN3O2S/c1-3-7-16-12(19)9(2)21-14-18-17-13(20-14)10-5-4-6-11(15)8-10/h4-6,8-9H,3,7H2,1-2H3,(H,16,19)/t9-/m1/s1. The fourth-order valence-electron chi connectivity index (χ4n) is 1.59. The Balaban J connectivity index is 2.01. The van der Waals surface area contributed by atoms with E-state index in [1.54, 1.807) is 19.1 Å². The first-order valence-electron chi connectivity index (χ1n) is 6.64. The Kier molecular flexibility index (Phi) is 5.64. The van der Waals surface area contributed by atoms with Crippen LogP contribution in [0.3, 0.4) is 0 Å². The van der Waals surface area contributed by atoms with Gasteiger partial charge in [-0.15, -0.1) is 10.2 Å². The first-order valence-corrected chi connectivity index (χ1v) is 7.89. The fraction of sp³-hybridized carbons (Fsp3) is 0.357. The van der Waals surface area contributed by atoms with Crippen molar-refractivity contribution in [2.75, 3.05) is 6.54 Å². The van der Waals surface area contributed by atoms with Crippen LogP contribution in [0.5, 0.6) is 0 Å². The summed E-state index contributed by atoms with van der Waals surface area (Å²) in [7, 11) is 0. The molecule has 2 rings (SSSR count). The molecule has 1 aromatic carbocycles. The predicted molar refractivity (Wildman–Crippen MR) is 83.4 cm³/mol. The van der Waals surface area contributed by atoms with Gasteiger partial charge in [-0.1, -0.05) is 36.4 Å². The van der Waals surface area contributed by atoms with Crippen molar-refractivity contribution in [3.63, 3.8) is 0 Å². The minimum atomic E-state index is -0.288. The molecule has 0 aliphatic rings. The summed E-state index contributed by atoms with van der Waals surface area (Å²) in [4.78, 5) is 11.8. The summed E-state index contributed by atoms with van der Waals surface area (Å²) in [5.74, 6) is 0.352. The van der Waals surface area contributed by atoms with Gasteiger partial charge in [0.15, 0.2) is 0 Å². The number of aromatic nitrogens is 2. The highest BCUT2D eigenvalue weighted by Gasteiger charge is 2.18. The molecular weight excluding hydrogens is 310 g/mol. The van der Waals surface area contributed by atoms with Crippen LogP contribution in [0.2, 0.25) is 5.02 Å². The Morgan fingerprint density at radius 3 is 3.00 bits per heavy atom. The summed E-state index contributed by atoms with van der Waals surface area (Å²) >= 11 is 7.16. The van der Waals surface area contributed by atoms with E-state index in [4.69, 9.17) is 16.0 Å². The molecule has 0 unspecified atom stereocenters. The monoisotopic (exact) mass is 325 g/mol. The number of halogens is 1. The molecule has 0 aliphatic heterocycles. The zero-order valence-electron chi connectivity index (χ0n) is 11.8. The molecule has 1 aromatic heterocycles.